The molecular weight excluding hydrogens is 254 g/mol. The molecule has 2 N–H and O–H groups in total. The summed E-state index contributed by atoms with van der Waals surface area (Å²) in [4.78, 5) is 4.27. The molecule has 0 aromatic carbocycles. The van der Waals surface area contributed by atoms with Gasteiger partial charge in [-0.15, -0.1) is 0 Å². The molecule has 0 saturated carbocycles. The summed E-state index contributed by atoms with van der Waals surface area (Å²) in [6.45, 7) is 8.19. The molecule has 1 atom stereocenters. The third kappa shape index (κ3) is 5.61. The second-order valence-electron chi connectivity index (χ2n) is 5.41. The Hall–Kier alpha value is -0.910. The van der Waals surface area contributed by atoms with Crippen LogP contribution >= 0.6 is 0 Å². The largest absolute Gasteiger partial charge is 0.382 e. The predicted octanol–water partition coefficient (Wildman–Crippen LogP) is 2.02. The van der Waals surface area contributed by atoms with Crippen LogP contribution in [0.4, 0.5) is 0 Å². The van der Waals surface area contributed by atoms with Crippen molar-refractivity contribution in [3.63, 3.8) is 0 Å². The SMILES string of the molecule is COCCOCCCCn1cncc1C(CN)C(C)C. The Morgan fingerprint density at radius 3 is 2.70 bits per heavy atom. The van der Waals surface area contributed by atoms with E-state index in [0.29, 0.717) is 31.6 Å². The molecule has 1 rings (SSSR count). The van der Waals surface area contributed by atoms with Gasteiger partial charge in [0.2, 0.25) is 0 Å². The zero-order valence-electron chi connectivity index (χ0n) is 13.0. The molecule has 0 fully saturated rings. The van der Waals surface area contributed by atoms with Crippen molar-refractivity contribution >= 4 is 0 Å². The fourth-order valence-corrected chi connectivity index (χ4v) is 2.29. The van der Waals surface area contributed by atoms with Gasteiger partial charge in [-0.2, -0.15) is 0 Å². The number of ether oxygens (including phenoxy) is 2. The lowest BCUT2D eigenvalue weighted by Gasteiger charge is -2.20. The van der Waals surface area contributed by atoms with Crippen LogP contribution in [0.25, 0.3) is 0 Å². The minimum atomic E-state index is 0.385. The molecule has 5 nitrogen and oxygen atoms in total. The van der Waals surface area contributed by atoms with E-state index in [0.717, 1.165) is 26.0 Å². The summed E-state index contributed by atoms with van der Waals surface area (Å²) in [6.07, 6.45) is 6.00. The maximum Gasteiger partial charge on any atom is 0.0948 e. The molecule has 0 bridgehead atoms. The number of nitrogens with two attached hydrogens (primary N) is 1. The van der Waals surface area contributed by atoms with E-state index in [1.807, 2.05) is 12.5 Å². The van der Waals surface area contributed by atoms with Crippen LogP contribution < -0.4 is 5.73 Å². The van der Waals surface area contributed by atoms with Crippen molar-refractivity contribution in [2.45, 2.75) is 39.2 Å². The number of imidazole rings is 1. The normalized spacial score (nSPS) is 13.1. The number of aryl methyl sites for hydroxylation is 1. The first-order valence-corrected chi connectivity index (χ1v) is 7.47. The molecule has 116 valence electrons. The lowest BCUT2D eigenvalue weighted by Crippen LogP contribution is -2.21. The van der Waals surface area contributed by atoms with Crippen molar-refractivity contribution in [2.24, 2.45) is 11.7 Å². The van der Waals surface area contributed by atoms with Gasteiger partial charge in [-0.25, -0.2) is 4.98 Å². The van der Waals surface area contributed by atoms with Crippen molar-refractivity contribution in [3.8, 4) is 0 Å². The summed E-state index contributed by atoms with van der Waals surface area (Å²) in [5.41, 5.74) is 7.14. The lowest BCUT2D eigenvalue weighted by atomic mass is 9.93. The average molecular weight is 283 g/mol. The average Bonchev–Trinajstić information content (AvgIpc) is 2.86. The van der Waals surface area contributed by atoms with E-state index in [1.54, 1.807) is 7.11 Å². The van der Waals surface area contributed by atoms with Crippen molar-refractivity contribution in [3.05, 3.63) is 18.2 Å². The summed E-state index contributed by atoms with van der Waals surface area (Å²) in [5.74, 6) is 0.920. The van der Waals surface area contributed by atoms with E-state index in [1.165, 1.54) is 5.69 Å². The highest BCUT2D eigenvalue weighted by Gasteiger charge is 2.17. The minimum Gasteiger partial charge on any atom is -0.382 e. The highest BCUT2D eigenvalue weighted by Crippen LogP contribution is 2.23. The molecule has 0 aliphatic rings. The number of hydrogen-bond acceptors (Lipinski definition) is 4. The molecule has 0 amide bonds. The molecule has 1 heterocycles. The Labute approximate surface area is 122 Å². The quantitative estimate of drug-likeness (QED) is 0.631. The molecule has 0 radical (unpaired) electrons. The van der Waals surface area contributed by atoms with E-state index in [2.05, 4.69) is 23.4 Å². The Morgan fingerprint density at radius 1 is 1.25 bits per heavy atom. The van der Waals surface area contributed by atoms with E-state index >= 15 is 0 Å². The van der Waals surface area contributed by atoms with Crippen LogP contribution in [0.15, 0.2) is 12.5 Å². The first-order valence-electron chi connectivity index (χ1n) is 7.47. The van der Waals surface area contributed by atoms with Gasteiger partial charge in [0.05, 0.1) is 19.5 Å². The molecule has 0 aliphatic carbocycles. The monoisotopic (exact) mass is 283 g/mol. The van der Waals surface area contributed by atoms with Crippen molar-refractivity contribution in [2.75, 3.05) is 33.5 Å². The number of unbranched alkanes of at least 4 members (excludes halogenated alkanes) is 1. The Morgan fingerprint density at radius 2 is 2.05 bits per heavy atom. The van der Waals surface area contributed by atoms with Crippen LogP contribution in [0.3, 0.4) is 0 Å². The highest BCUT2D eigenvalue weighted by molar-refractivity contribution is 5.08. The van der Waals surface area contributed by atoms with Gasteiger partial charge in [0.25, 0.3) is 0 Å². The van der Waals surface area contributed by atoms with Gasteiger partial charge in [0, 0.05) is 44.6 Å². The van der Waals surface area contributed by atoms with Crippen LogP contribution in [-0.4, -0.2) is 43.0 Å². The van der Waals surface area contributed by atoms with Gasteiger partial charge in [-0.3, -0.25) is 0 Å². The number of aromatic nitrogens is 2. The zero-order chi connectivity index (χ0) is 14.8. The summed E-state index contributed by atoms with van der Waals surface area (Å²) in [5, 5.41) is 0. The fraction of sp³-hybridized carbons (Fsp3) is 0.800. The molecular formula is C15H29N3O2. The predicted molar refractivity (Wildman–Crippen MR) is 80.8 cm³/mol. The Kier molecular flexibility index (Phi) is 8.49. The molecule has 1 aromatic rings. The molecule has 0 spiro atoms. The summed E-state index contributed by atoms with van der Waals surface area (Å²) in [7, 11) is 1.69. The van der Waals surface area contributed by atoms with Crippen molar-refractivity contribution < 1.29 is 9.47 Å². The number of methoxy groups -OCH3 is 1. The van der Waals surface area contributed by atoms with Crippen molar-refractivity contribution in [1.29, 1.82) is 0 Å². The molecule has 1 unspecified atom stereocenters. The standard InChI is InChI=1S/C15H29N3O2/c1-13(2)14(10-16)15-11-17-12-18(15)6-4-5-7-20-9-8-19-3/h11-14H,4-10,16H2,1-3H3. The fourth-order valence-electron chi connectivity index (χ4n) is 2.29. The van der Waals surface area contributed by atoms with Crippen LogP contribution in [0.2, 0.25) is 0 Å². The van der Waals surface area contributed by atoms with Gasteiger partial charge >= 0.3 is 0 Å². The third-order valence-electron chi connectivity index (χ3n) is 3.55. The van der Waals surface area contributed by atoms with Gasteiger partial charge in [-0.1, -0.05) is 13.8 Å². The van der Waals surface area contributed by atoms with Gasteiger partial charge in [0.15, 0.2) is 0 Å². The van der Waals surface area contributed by atoms with Gasteiger partial charge < -0.3 is 19.8 Å². The van der Waals surface area contributed by atoms with E-state index in [-0.39, 0.29) is 0 Å². The Bertz CT molecular complexity index is 353. The van der Waals surface area contributed by atoms with Gasteiger partial charge in [-0.05, 0) is 18.8 Å². The van der Waals surface area contributed by atoms with Gasteiger partial charge in [0.1, 0.15) is 0 Å². The molecule has 1 aromatic heterocycles. The molecule has 5 heteroatoms. The van der Waals surface area contributed by atoms with Crippen LogP contribution in [-0.2, 0) is 16.0 Å². The smallest absolute Gasteiger partial charge is 0.0948 e. The lowest BCUT2D eigenvalue weighted by molar-refractivity contribution is 0.0684. The highest BCUT2D eigenvalue weighted by atomic mass is 16.5. The Balaban J connectivity index is 2.32. The van der Waals surface area contributed by atoms with Crippen LogP contribution in [0.1, 0.15) is 38.3 Å². The first kappa shape index (κ1) is 17.1. The molecule has 20 heavy (non-hydrogen) atoms. The topological polar surface area (TPSA) is 62.3 Å². The zero-order valence-corrected chi connectivity index (χ0v) is 13.0. The van der Waals surface area contributed by atoms with Crippen molar-refractivity contribution in [1.82, 2.24) is 9.55 Å². The van der Waals surface area contributed by atoms with E-state index in [9.17, 15) is 0 Å². The number of rotatable bonds is 11. The second kappa shape index (κ2) is 9.91. The first-order chi connectivity index (χ1) is 9.70. The molecule has 0 aliphatic heterocycles. The van der Waals surface area contributed by atoms with Crippen LogP contribution in [0.5, 0.6) is 0 Å². The minimum absolute atomic E-state index is 0.385. The number of nitrogens with zero attached hydrogens (tertiary/aromatic N) is 2. The second-order valence-corrected chi connectivity index (χ2v) is 5.41. The van der Waals surface area contributed by atoms with E-state index < -0.39 is 0 Å². The number of hydrogen-bond donors (Lipinski definition) is 1. The van der Waals surface area contributed by atoms with E-state index in [4.69, 9.17) is 15.2 Å². The van der Waals surface area contributed by atoms with Crippen LogP contribution in [0, 0.1) is 5.92 Å². The summed E-state index contributed by atoms with van der Waals surface area (Å²) in [6, 6.07) is 0. The summed E-state index contributed by atoms with van der Waals surface area (Å²) < 4.78 is 12.6. The maximum atomic E-state index is 5.88. The summed E-state index contributed by atoms with van der Waals surface area (Å²) >= 11 is 0. The maximum absolute atomic E-state index is 5.88. The molecule has 0 saturated heterocycles. The third-order valence-corrected chi connectivity index (χ3v) is 3.55.